The van der Waals surface area contributed by atoms with Crippen molar-refractivity contribution in [1.29, 1.82) is 0 Å². The molecule has 1 saturated heterocycles. The predicted molar refractivity (Wildman–Crippen MR) is 79.2 cm³/mol. The summed E-state index contributed by atoms with van der Waals surface area (Å²) >= 11 is 0. The van der Waals surface area contributed by atoms with E-state index >= 15 is 0 Å². The average molecular weight is 307 g/mol. The maximum Gasteiger partial charge on any atom is 0.410 e. The minimum absolute atomic E-state index is 0.0892. The first-order chi connectivity index (χ1) is 10.7. The Kier molecular flexibility index (Phi) is 6.21. The standard InChI is InChI=1S/C16H21NO5/c1-20-15(18)12-21-14-8-5-9-17(10-14)16(19)22-11-13-6-3-2-4-7-13/h2-4,6-7,14H,5,8-12H2,1H3/t14-/m1/s1. The highest BCUT2D eigenvalue weighted by molar-refractivity contribution is 5.70. The Labute approximate surface area is 129 Å². The number of hydrogen-bond donors (Lipinski definition) is 0. The van der Waals surface area contributed by atoms with E-state index in [1.165, 1.54) is 7.11 Å². The van der Waals surface area contributed by atoms with Gasteiger partial charge in [0.2, 0.25) is 0 Å². The summed E-state index contributed by atoms with van der Waals surface area (Å²) < 4.78 is 15.3. The largest absolute Gasteiger partial charge is 0.467 e. The molecule has 0 radical (unpaired) electrons. The Bertz CT molecular complexity index is 491. The van der Waals surface area contributed by atoms with Gasteiger partial charge in [0.1, 0.15) is 13.2 Å². The summed E-state index contributed by atoms with van der Waals surface area (Å²) in [5, 5.41) is 0. The summed E-state index contributed by atoms with van der Waals surface area (Å²) in [7, 11) is 1.32. The van der Waals surface area contributed by atoms with E-state index in [9.17, 15) is 9.59 Å². The van der Waals surface area contributed by atoms with Gasteiger partial charge in [-0.25, -0.2) is 9.59 Å². The highest BCUT2D eigenvalue weighted by atomic mass is 16.6. The molecule has 0 unspecified atom stereocenters. The lowest BCUT2D eigenvalue weighted by Crippen LogP contribution is -2.43. The predicted octanol–water partition coefficient (Wildman–Crippen LogP) is 1.98. The van der Waals surface area contributed by atoms with Crippen LogP contribution in [-0.2, 0) is 25.6 Å². The van der Waals surface area contributed by atoms with Crippen LogP contribution < -0.4 is 0 Å². The van der Waals surface area contributed by atoms with E-state index in [1.807, 2.05) is 30.3 Å². The van der Waals surface area contributed by atoms with Gasteiger partial charge in [-0.2, -0.15) is 0 Å². The van der Waals surface area contributed by atoms with Gasteiger partial charge in [0.25, 0.3) is 0 Å². The molecule has 6 heteroatoms. The number of rotatable bonds is 5. The Morgan fingerprint density at radius 2 is 2.05 bits per heavy atom. The van der Waals surface area contributed by atoms with Gasteiger partial charge in [0.05, 0.1) is 19.8 Å². The zero-order valence-electron chi connectivity index (χ0n) is 12.7. The molecule has 2 rings (SSSR count). The summed E-state index contributed by atoms with van der Waals surface area (Å²) in [5.41, 5.74) is 0.950. The van der Waals surface area contributed by atoms with Gasteiger partial charge in [0.15, 0.2) is 0 Å². The number of ether oxygens (including phenoxy) is 3. The lowest BCUT2D eigenvalue weighted by molar-refractivity contribution is -0.148. The summed E-state index contributed by atoms with van der Waals surface area (Å²) in [6.07, 6.45) is 1.14. The van der Waals surface area contributed by atoms with Gasteiger partial charge in [-0.15, -0.1) is 0 Å². The maximum atomic E-state index is 12.1. The molecule has 1 fully saturated rings. The van der Waals surface area contributed by atoms with Crippen molar-refractivity contribution in [3.05, 3.63) is 35.9 Å². The minimum Gasteiger partial charge on any atom is -0.467 e. The van der Waals surface area contributed by atoms with E-state index in [2.05, 4.69) is 4.74 Å². The molecule has 1 aromatic carbocycles. The number of piperidine rings is 1. The molecule has 0 aromatic heterocycles. The van der Waals surface area contributed by atoms with Gasteiger partial charge in [-0.05, 0) is 18.4 Å². The molecular weight excluding hydrogens is 286 g/mol. The zero-order valence-corrected chi connectivity index (χ0v) is 12.7. The van der Waals surface area contributed by atoms with Crippen LogP contribution in [0.3, 0.4) is 0 Å². The lowest BCUT2D eigenvalue weighted by Gasteiger charge is -2.31. The van der Waals surface area contributed by atoms with Crippen LogP contribution >= 0.6 is 0 Å². The third kappa shape index (κ3) is 5.04. The molecule has 0 aliphatic carbocycles. The smallest absolute Gasteiger partial charge is 0.410 e. The third-order valence-electron chi connectivity index (χ3n) is 3.51. The van der Waals surface area contributed by atoms with Crippen molar-refractivity contribution < 1.29 is 23.8 Å². The van der Waals surface area contributed by atoms with E-state index < -0.39 is 5.97 Å². The van der Waals surface area contributed by atoms with Gasteiger partial charge >= 0.3 is 12.1 Å². The topological polar surface area (TPSA) is 65.1 Å². The van der Waals surface area contributed by atoms with Crippen LogP contribution in [0, 0.1) is 0 Å². The number of carbonyl (C=O) groups is 2. The Morgan fingerprint density at radius 3 is 2.77 bits per heavy atom. The van der Waals surface area contributed by atoms with Crippen LogP contribution in [0.2, 0.25) is 0 Å². The van der Waals surface area contributed by atoms with E-state index in [0.29, 0.717) is 13.1 Å². The summed E-state index contributed by atoms with van der Waals surface area (Å²) in [4.78, 5) is 24.8. The van der Waals surface area contributed by atoms with Crippen molar-refractivity contribution in [3.63, 3.8) is 0 Å². The average Bonchev–Trinajstić information content (AvgIpc) is 2.58. The molecule has 0 spiro atoms. The third-order valence-corrected chi connectivity index (χ3v) is 3.51. The van der Waals surface area contributed by atoms with Crippen molar-refractivity contribution in [1.82, 2.24) is 4.90 Å². The molecule has 120 valence electrons. The van der Waals surface area contributed by atoms with Crippen LogP contribution in [0.15, 0.2) is 30.3 Å². The van der Waals surface area contributed by atoms with Crippen molar-refractivity contribution >= 4 is 12.1 Å². The molecule has 1 atom stereocenters. The lowest BCUT2D eigenvalue weighted by atomic mass is 10.1. The monoisotopic (exact) mass is 307 g/mol. The molecule has 6 nitrogen and oxygen atoms in total. The van der Waals surface area contributed by atoms with Crippen LogP contribution in [0.5, 0.6) is 0 Å². The molecule has 1 amide bonds. The quantitative estimate of drug-likeness (QED) is 0.778. The number of methoxy groups -OCH3 is 1. The van der Waals surface area contributed by atoms with Crippen molar-refractivity contribution in [2.45, 2.75) is 25.6 Å². The first-order valence-electron chi connectivity index (χ1n) is 7.33. The molecular formula is C16H21NO5. The zero-order chi connectivity index (χ0) is 15.8. The number of carbonyl (C=O) groups excluding carboxylic acids is 2. The molecule has 1 aliphatic heterocycles. The maximum absolute atomic E-state index is 12.1. The van der Waals surface area contributed by atoms with Gasteiger partial charge in [-0.3, -0.25) is 0 Å². The second-order valence-corrected chi connectivity index (χ2v) is 5.14. The molecule has 22 heavy (non-hydrogen) atoms. The fourth-order valence-corrected chi connectivity index (χ4v) is 2.30. The number of benzene rings is 1. The van der Waals surface area contributed by atoms with Crippen molar-refractivity contribution in [2.24, 2.45) is 0 Å². The number of esters is 1. The van der Waals surface area contributed by atoms with Gasteiger partial charge < -0.3 is 19.1 Å². The molecule has 1 aliphatic rings. The van der Waals surface area contributed by atoms with Crippen molar-refractivity contribution in [3.8, 4) is 0 Å². The Balaban J connectivity index is 1.76. The normalized spacial score (nSPS) is 17.9. The summed E-state index contributed by atoms with van der Waals surface area (Å²) in [6.45, 7) is 1.24. The van der Waals surface area contributed by atoms with Crippen molar-refractivity contribution in [2.75, 3.05) is 26.8 Å². The first kappa shape index (κ1) is 16.3. The van der Waals surface area contributed by atoms with E-state index in [-0.39, 0.29) is 25.4 Å². The van der Waals surface area contributed by atoms with Crippen LogP contribution in [0.25, 0.3) is 0 Å². The number of hydrogen-bond acceptors (Lipinski definition) is 5. The van der Waals surface area contributed by atoms with E-state index in [4.69, 9.17) is 9.47 Å². The number of likely N-dealkylation sites (tertiary alicyclic amines) is 1. The number of nitrogens with zero attached hydrogens (tertiary/aromatic N) is 1. The highest BCUT2D eigenvalue weighted by Gasteiger charge is 2.25. The fourth-order valence-electron chi connectivity index (χ4n) is 2.30. The highest BCUT2D eigenvalue weighted by Crippen LogP contribution is 2.15. The Morgan fingerprint density at radius 1 is 1.27 bits per heavy atom. The van der Waals surface area contributed by atoms with Crippen LogP contribution in [0.4, 0.5) is 4.79 Å². The second kappa shape index (κ2) is 8.38. The minimum atomic E-state index is -0.413. The summed E-state index contributed by atoms with van der Waals surface area (Å²) in [5.74, 6) is -0.413. The molecule has 0 bridgehead atoms. The summed E-state index contributed by atoms with van der Waals surface area (Å²) in [6, 6.07) is 9.54. The van der Waals surface area contributed by atoms with E-state index in [0.717, 1.165) is 18.4 Å². The van der Waals surface area contributed by atoms with Crippen LogP contribution in [0.1, 0.15) is 18.4 Å². The first-order valence-corrected chi connectivity index (χ1v) is 7.33. The second-order valence-electron chi connectivity index (χ2n) is 5.14. The molecule has 1 heterocycles. The molecule has 1 aromatic rings. The molecule has 0 saturated carbocycles. The van der Waals surface area contributed by atoms with E-state index in [1.54, 1.807) is 4.90 Å². The fraction of sp³-hybridized carbons (Fsp3) is 0.500. The number of amides is 1. The van der Waals surface area contributed by atoms with Gasteiger partial charge in [-0.1, -0.05) is 30.3 Å². The SMILES string of the molecule is COC(=O)CO[C@@H]1CCCN(C(=O)OCc2ccccc2)C1. The van der Waals surface area contributed by atoms with Gasteiger partial charge in [0, 0.05) is 6.54 Å². The Hall–Kier alpha value is -2.08. The molecule has 0 N–H and O–H groups in total. The van der Waals surface area contributed by atoms with Crippen LogP contribution in [-0.4, -0.2) is 49.9 Å².